The number of carbonyl (C=O) groups excluding carboxylic acids is 2. The Balaban J connectivity index is 2.06. The number of rotatable bonds is 3. The molecule has 0 N–H and O–H groups in total. The number of carbonyl (C=O) groups is 2. The molecule has 2 saturated heterocycles. The zero-order valence-corrected chi connectivity index (χ0v) is 12.2. The Hall–Kier alpha value is -2.10. The van der Waals surface area contributed by atoms with Gasteiger partial charge in [0, 0.05) is 12.6 Å². The fourth-order valence-corrected chi connectivity index (χ4v) is 3.35. The van der Waals surface area contributed by atoms with Gasteiger partial charge in [0.2, 0.25) is 5.91 Å². The van der Waals surface area contributed by atoms with E-state index in [9.17, 15) is 9.59 Å². The van der Waals surface area contributed by atoms with Crippen LogP contribution >= 0.6 is 0 Å². The van der Waals surface area contributed by atoms with E-state index in [1.54, 1.807) is 15.9 Å². The van der Waals surface area contributed by atoms with Crippen LogP contribution in [0.25, 0.3) is 0 Å². The van der Waals surface area contributed by atoms with Gasteiger partial charge in [-0.3, -0.25) is 9.59 Å². The van der Waals surface area contributed by atoms with Crippen LogP contribution in [0.1, 0.15) is 31.4 Å². The van der Waals surface area contributed by atoms with E-state index in [4.69, 9.17) is 0 Å². The third kappa shape index (κ3) is 2.15. The van der Waals surface area contributed by atoms with E-state index in [-0.39, 0.29) is 23.9 Å². The molecule has 0 saturated carbocycles. The van der Waals surface area contributed by atoms with Gasteiger partial charge in [-0.15, -0.1) is 6.58 Å². The minimum atomic E-state index is -0.527. The van der Waals surface area contributed by atoms with Crippen LogP contribution in [0, 0.1) is 0 Å². The molecule has 2 heterocycles. The molecule has 21 heavy (non-hydrogen) atoms. The molecule has 3 rings (SSSR count). The normalized spacial score (nSPS) is 26.7. The average molecular weight is 284 g/mol. The maximum absolute atomic E-state index is 12.9. The Bertz CT molecular complexity index is 569. The van der Waals surface area contributed by atoms with Gasteiger partial charge in [0.1, 0.15) is 12.1 Å². The predicted octanol–water partition coefficient (Wildman–Crippen LogP) is 2.14. The first-order valence-electron chi connectivity index (χ1n) is 7.45. The minimum absolute atomic E-state index is 0.0389. The highest BCUT2D eigenvalue weighted by atomic mass is 16.2. The standard InChI is InChI=1S/C17H20N2O2/c1-3-12(2)19-15(13-8-5-4-6-9-13)17(21)18-11-7-10-14(18)16(19)20/h3-6,8-9,12,14-15H,1,7,10-11H2,2H3. The maximum Gasteiger partial charge on any atom is 0.250 e. The number of hydrogen-bond acceptors (Lipinski definition) is 2. The van der Waals surface area contributed by atoms with Crippen molar-refractivity contribution in [2.24, 2.45) is 0 Å². The highest BCUT2D eigenvalue weighted by Crippen LogP contribution is 2.35. The van der Waals surface area contributed by atoms with Crippen LogP contribution in [-0.2, 0) is 9.59 Å². The summed E-state index contributed by atoms with van der Waals surface area (Å²) in [7, 11) is 0. The molecule has 2 amide bonds. The van der Waals surface area contributed by atoms with E-state index in [1.165, 1.54) is 0 Å². The predicted molar refractivity (Wildman–Crippen MR) is 80.4 cm³/mol. The molecule has 0 radical (unpaired) electrons. The second-order valence-electron chi connectivity index (χ2n) is 5.72. The summed E-state index contributed by atoms with van der Waals surface area (Å²) in [6, 6.07) is 8.58. The first-order valence-corrected chi connectivity index (χ1v) is 7.45. The summed E-state index contributed by atoms with van der Waals surface area (Å²) in [4.78, 5) is 29.2. The molecule has 0 bridgehead atoms. The maximum atomic E-state index is 12.9. The Kier molecular flexibility index (Phi) is 3.53. The molecule has 3 atom stereocenters. The summed E-state index contributed by atoms with van der Waals surface area (Å²) < 4.78 is 0. The molecule has 0 spiro atoms. The highest BCUT2D eigenvalue weighted by molar-refractivity contribution is 5.98. The molecule has 4 heteroatoms. The number of piperazine rings is 1. The van der Waals surface area contributed by atoms with Gasteiger partial charge in [0.05, 0.1) is 0 Å². The number of amides is 2. The van der Waals surface area contributed by atoms with Crippen LogP contribution in [-0.4, -0.2) is 40.2 Å². The number of nitrogens with zero attached hydrogens (tertiary/aromatic N) is 2. The van der Waals surface area contributed by atoms with Crippen LogP contribution in [0.5, 0.6) is 0 Å². The first kappa shape index (κ1) is 13.9. The van der Waals surface area contributed by atoms with Gasteiger partial charge in [-0.1, -0.05) is 36.4 Å². The van der Waals surface area contributed by atoms with Crippen LogP contribution in [0.3, 0.4) is 0 Å². The molecule has 3 unspecified atom stereocenters. The van der Waals surface area contributed by atoms with Gasteiger partial charge in [0.25, 0.3) is 5.91 Å². The second kappa shape index (κ2) is 5.35. The summed E-state index contributed by atoms with van der Waals surface area (Å²) in [6.45, 7) is 6.39. The lowest BCUT2D eigenvalue weighted by Crippen LogP contribution is -2.60. The third-order valence-electron chi connectivity index (χ3n) is 4.48. The molecule has 0 aromatic heterocycles. The van der Waals surface area contributed by atoms with Crippen LogP contribution < -0.4 is 0 Å². The monoisotopic (exact) mass is 284 g/mol. The van der Waals surface area contributed by atoms with Gasteiger partial charge in [0.15, 0.2) is 0 Å². The van der Waals surface area contributed by atoms with E-state index >= 15 is 0 Å². The van der Waals surface area contributed by atoms with Crippen molar-refractivity contribution in [1.82, 2.24) is 9.80 Å². The average Bonchev–Trinajstić information content (AvgIpc) is 3.01. The Morgan fingerprint density at radius 3 is 2.62 bits per heavy atom. The van der Waals surface area contributed by atoms with E-state index < -0.39 is 6.04 Å². The van der Waals surface area contributed by atoms with Crippen LogP contribution in [0.15, 0.2) is 43.0 Å². The van der Waals surface area contributed by atoms with E-state index in [1.807, 2.05) is 37.3 Å². The Morgan fingerprint density at radius 2 is 1.95 bits per heavy atom. The molecule has 1 aromatic rings. The van der Waals surface area contributed by atoms with Crippen molar-refractivity contribution in [3.05, 3.63) is 48.6 Å². The Labute approximate surface area is 125 Å². The lowest BCUT2D eigenvalue weighted by atomic mass is 9.96. The van der Waals surface area contributed by atoms with Crippen molar-refractivity contribution in [1.29, 1.82) is 0 Å². The topological polar surface area (TPSA) is 40.6 Å². The lowest BCUT2D eigenvalue weighted by molar-refractivity contribution is -0.161. The molecule has 110 valence electrons. The molecule has 2 aliphatic heterocycles. The van der Waals surface area contributed by atoms with E-state index in [0.717, 1.165) is 18.4 Å². The van der Waals surface area contributed by atoms with Gasteiger partial charge < -0.3 is 9.80 Å². The Morgan fingerprint density at radius 1 is 1.24 bits per heavy atom. The van der Waals surface area contributed by atoms with Crippen molar-refractivity contribution in [3.8, 4) is 0 Å². The molecule has 2 aliphatic rings. The fraction of sp³-hybridized carbons (Fsp3) is 0.412. The van der Waals surface area contributed by atoms with E-state index in [0.29, 0.717) is 6.54 Å². The largest absolute Gasteiger partial charge is 0.329 e. The minimum Gasteiger partial charge on any atom is -0.329 e. The van der Waals surface area contributed by atoms with Gasteiger partial charge in [-0.2, -0.15) is 0 Å². The molecular formula is C17H20N2O2. The quantitative estimate of drug-likeness (QED) is 0.798. The summed E-state index contributed by atoms with van der Waals surface area (Å²) >= 11 is 0. The fourth-order valence-electron chi connectivity index (χ4n) is 3.35. The number of fused-ring (bicyclic) bond motifs is 1. The van der Waals surface area contributed by atoms with Crippen molar-refractivity contribution < 1.29 is 9.59 Å². The number of hydrogen-bond donors (Lipinski definition) is 0. The summed E-state index contributed by atoms with van der Waals surface area (Å²) in [6.07, 6.45) is 3.40. The lowest BCUT2D eigenvalue weighted by Gasteiger charge is -2.44. The molecule has 4 nitrogen and oxygen atoms in total. The molecule has 1 aromatic carbocycles. The second-order valence-corrected chi connectivity index (χ2v) is 5.72. The van der Waals surface area contributed by atoms with Crippen LogP contribution in [0.2, 0.25) is 0 Å². The van der Waals surface area contributed by atoms with Crippen molar-refractivity contribution in [2.45, 2.75) is 37.9 Å². The highest BCUT2D eigenvalue weighted by Gasteiger charge is 2.49. The summed E-state index contributed by atoms with van der Waals surface area (Å²) in [5.74, 6) is 0.0883. The SMILES string of the molecule is C=CC(C)N1C(=O)C2CCCN2C(=O)C1c1ccccc1. The summed E-state index contributed by atoms with van der Waals surface area (Å²) in [5, 5.41) is 0. The van der Waals surface area contributed by atoms with Crippen LogP contribution in [0.4, 0.5) is 0 Å². The van der Waals surface area contributed by atoms with Gasteiger partial charge in [-0.25, -0.2) is 0 Å². The molecule has 2 fully saturated rings. The number of benzene rings is 1. The van der Waals surface area contributed by atoms with Crippen molar-refractivity contribution in [2.75, 3.05) is 6.54 Å². The van der Waals surface area contributed by atoms with Crippen molar-refractivity contribution in [3.63, 3.8) is 0 Å². The first-order chi connectivity index (χ1) is 10.1. The molecule has 0 aliphatic carbocycles. The smallest absolute Gasteiger partial charge is 0.250 e. The van der Waals surface area contributed by atoms with E-state index in [2.05, 4.69) is 6.58 Å². The zero-order chi connectivity index (χ0) is 15.0. The molecular weight excluding hydrogens is 264 g/mol. The summed E-state index contributed by atoms with van der Waals surface area (Å²) in [5.41, 5.74) is 0.870. The zero-order valence-electron chi connectivity index (χ0n) is 12.2. The third-order valence-corrected chi connectivity index (χ3v) is 4.48. The van der Waals surface area contributed by atoms with Gasteiger partial charge >= 0.3 is 0 Å². The van der Waals surface area contributed by atoms with Gasteiger partial charge in [-0.05, 0) is 25.3 Å². The van der Waals surface area contributed by atoms with Crippen molar-refractivity contribution >= 4 is 11.8 Å².